The first kappa shape index (κ1) is 17.7. The molecule has 0 heterocycles. The third kappa shape index (κ3) is 8.42. The Bertz CT molecular complexity index is 327. The van der Waals surface area contributed by atoms with Crippen molar-refractivity contribution in [3.8, 4) is 0 Å². The minimum atomic E-state index is -1.16. The van der Waals surface area contributed by atoms with E-state index in [9.17, 15) is 9.59 Å². The molecule has 0 aliphatic heterocycles. The lowest BCUT2D eigenvalue weighted by molar-refractivity contribution is -0.147. The first-order valence-corrected chi connectivity index (χ1v) is 6.22. The Labute approximate surface area is 114 Å². The number of rotatable bonds is 4. The number of amides is 1. The highest BCUT2D eigenvalue weighted by Gasteiger charge is 2.31. The minimum absolute atomic E-state index is 0.497. The van der Waals surface area contributed by atoms with Gasteiger partial charge in [0.15, 0.2) is 6.04 Å². The molecule has 0 radical (unpaired) electrons. The smallest absolute Gasteiger partial charge is 0.408 e. The summed E-state index contributed by atoms with van der Waals surface area (Å²) >= 11 is 0. The maximum atomic E-state index is 11.6. The molecule has 0 unspecified atom stereocenters. The number of ether oxygens (including phenoxy) is 2. The molecule has 0 saturated carbocycles. The predicted molar refractivity (Wildman–Crippen MR) is 71.1 cm³/mol. The zero-order chi connectivity index (χ0) is 15.4. The summed E-state index contributed by atoms with van der Waals surface area (Å²) in [5.74, 6) is -1.16. The van der Waals surface area contributed by atoms with Gasteiger partial charge in [-0.15, -0.1) is 0 Å². The Hall–Kier alpha value is -1.30. The van der Waals surface area contributed by atoms with Crippen LogP contribution in [0, 0.1) is 0 Å². The number of hydrogen-bond acceptors (Lipinski definition) is 4. The summed E-state index contributed by atoms with van der Waals surface area (Å²) in [5, 5.41) is 11.4. The third-order valence-corrected chi connectivity index (χ3v) is 1.95. The molecule has 0 aromatic rings. The second kappa shape index (κ2) is 6.23. The van der Waals surface area contributed by atoms with Crippen LogP contribution in [0.4, 0.5) is 4.79 Å². The summed E-state index contributed by atoms with van der Waals surface area (Å²) in [7, 11) is 0. The molecule has 0 saturated heterocycles. The van der Waals surface area contributed by atoms with Crippen LogP contribution in [0.1, 0.15) is 48.5 Å². The Morgan fingerprint density at radius 2 is 1.53 bits per heavy atom. The van der Waals surface area contributed by atoms with Crippen LogP contribution in [0.2, 0.25) is 0 Å². The zero-order valence-electron chi connectivity index (χ0n) is 12.7. The number of alkyl carbamates (subject to hydrolysis) is 1. The summed E-state index contributed by atoms with van der Waals surface area (Å²) < 4.78 is 10.6. The van der Waals surface area contributed by atoms with Gasteiger partial charge in [0, 0.05) is 0 Å². The lowest BCUT2D eigenvalue weighted by Gasteiger charge is -2.30. The summed E-state index contributed by atoms with van der Waals surface area (Å²) in [4.78, 5) is 22.8. The average molecular weight is 275 g/mol. The van der Waals surface area contributed by atoms with Crippen molar-refractivity contribution in [2.75, 3.05) is 0 Å². The van der Waals surface area contributed by atoms with Gasteiger partial charge in [-0.2, -0.15) is 0 Å². The highest BCUT2D eigenvalue weighted by Crippen LogP contribution is 2.14. The van der Waals surface area contributed by atoms with E-state index in [2.05, 4.69) is 5.32 Å². The maximum absolute atomic E-state index is 11.6. The summed E-state index contributed by atoms with van der Waals surface area (Å²) in [6, 6.07) is -1.16. The lowest BCUT2D eigenvalue weighted by atomic mass is 10.1. The summed E-state index contributed by atoms with van der Waals surface area (Å²) in [6.45, 7) is 12.2. The van der Waals surface area contributed by atoms with Gasteiger partial charge in [-0.3, -0.25) is 0 Å². The number of carboxylic acid groups (broad SMARTS) is 1. The second-order valence-electron chi connectivity index (χ2n) is 6.40. The SMILES string of the molecule is C[C@@H](OC(C)(C)C)[C@@H](NC(=O)OC(C)(C)C)C(=O)O. The van der Waals surface area contributed by atoms with E-state index in [1.54, 1.807) is 27.7 Å². The van der Waals surface area contributed by atoms with E-state index in [-0.39, 0.29) is 0 Å². The normalized spacial score (nSPS) is 15.5. The van der Waals surface area contributed by atoms with Crippen LogP contribution in [0.25, 0.3) is 0 Å². The molecule has 0 aliphatic carbocycles. The molecule has 0 aliphatic rings. The van der Waals surface area contributed by atoms with Gasteiger partial charge >= 0.3 is 12.1 Å². The molecule has 2 atom stereocenters. The number of carbonyl (C=O) groups is 2. The molecule has 0 bridgehead atoms. The van der Waals surface area contributed by atoms with Crippen molar-refractivity contribution in [1.82, 2.24) is 5.32 Å². The topological polar surface area (TPSA) is 84.9 Å². The average Bonchev–Trinajstić information content (AvgIpc) is 2.07. The van der Waals surface area contributed by atoms with Gasteiger partial charge in [0.05, 0.1) is 11.7 Å². The van der Waals surface area contributed by atoms with E-state index in [0.29, 0.717) is 0 Å². The lowest BCUT2D eigenvalue weighted by Crippen LogP contribution is -2.51. The van der Waals surface area contributed by atoms with Gasteiger partial charge in [-0.1, -0.05) is 0 Å². The molecule has 6 nitrogen and oxygen atoms in total. The Morgan fingerprint density at radius 3 is 1.84 bits per heavy atom. The number of carbonyl (C=O) groups excluding carboxylic acids is 1. The minimum Gasteiger partial charge on any atom is -0.480 e. The van der Waals surface area contributed by atoms with Crippen LogP contribution >= 0.6 is 0 Å². The second-order valence-corrected chi connectivity index (χ2v) is 6.40. The number of hydrogen-bond donors (Lipinski definition) is 2. The fraction of sp³-hybridized carbons (Fsp3) is 0.846. The van der Waals surface area contributed by atoms with Gasteiger partial charge < -0.3 is 19.9 Å². The van der Waals surface area contributed by atoms with Crippen molar-refractivity contribution in [2.24, 2.45) is 0 Å². The molecule has 0 spiro atoms. The first-order valence-electron chi connectivity index (χ1n) is 6.22. The van der Waals surface area contributed by atoms with Crippen molar-refractivity contribution in [1.29, 1.82) is 0 Å². The molecule has 19 heavy (non-hydrogen) atoms. The van der Waals surface area contributed by atoms with E-state index >= 15 is 0 Å². The van der Waals surface area contributed by atoms with E-state index in [1.165, 1.54) is 0 Å². The van der Waals surface area contributed by atoms with Crippen LogP contribution in [0.5, 0.6) is 0 Å². The van der Waals surface area contributed by atoms with Crippen LogP contribution in [0.3, 0.4) is 0 Å². The fourth-order valence-corrected chi connectivity index (χ4v) is 1.44. The molecular formula is C13H25NO5. The molecule has 0 aromatic heterocycles. The summed E-state index contributed by atoms with van der Waals surface area (Å²) in [5.41, 5.74) is -1.18. The molecule has 2 N–H and O–H groups in total. The van der Waals surface area contributed by atoms with Crippen LogP contribution < -0.4 is 5.32 Å². The first-order chi connectivity index (χ1) is 8.32. The van der Waals surface area contributed by atoms with Gasteiger partial charge in [0.25, 0.3) is 0 Å². The standard InChI is InChI=1S/C13H25NO5/c1-8(18-12(2,3)4)9(10(15)16)14-11(17)19-13(5,6)7/h8-9H,1-7H3,(H,14,17)(H,15,16)/t8-,9-/m1/s1. The van der Waals surface area contributed by atoms with Crippen LogP contribution in [-0.2, 0) is 14.3 Å². The van der Waals surface area contributed by atoms with Crippen LogP contribution in [0.15, 0.2) is 0 Å². The van der Waals surface area contributed by atoms with Crippen molar-refractivity contribution in [3.05, 3.63) is 0 Å². The van der Waals surface area contributed by atoms with Gasteiger partial charge in [-0.05, 0) is 48.5 Å². The molecule has 0 fully saturated rings. The van der Waals surface area contributed by atoms with Crippen LogP contribution in [-0.4, -0.2) is 40.5 Å². The van der Waals surface area contributed by atoms with Crippen molar-refractivity contribution < 1.29 is 24.2 Å². The highest BCUT2D eigenvalue weighted by atomic mass is 16.6. The number of nitrogens with one attached hydrogen (secondary N) is 1. The molecule has 6 heteroatoms. The molecular weight excluding hydrogens is 250 g/mol. The number of aliphatic carboxylic acids is 1. The van der Waals surface area contributed by atoms with Gasteiger partial charge in [0.2, 0.25) is 0 Å². The van der Waals surface area contributed by atoms with E-state index in [1.807, 2.05) is 20.8 Å². The molecule has 1 amide bonds. The number of carboxylic acids is 1. The monoisotopic (exact) mass is 275 g/mol. The van der Waals surface area contributed by atoms with Gasteiger partial charge in [-0.25, -0.2) is 9.59 Å². The van der Waals surface area contributed by atoms with Crippen molar-refractivity contribution in [3.63, 3.8) is 0 Å². The Kier molecular flexibility index (Phi) is 5.81. The summed E-state index contributed by atoms with van der Waals surface area (Å²) in [6.07, 6.45) is -1.45. The van der Waals surface area contributed by atoms with E-state index < -0.39 is 35.4 Å². The molecule has 112 valence electrons. The zero-order valence-corrected chi connectivity index (χ0v) is 12.7. The quantitative estimate of drug-likeness (QED) is 0.821. The fourth-order valence-electron chi connectivity index (χ4n) is 1.44. The Balaban J connectivity index is 4.67. The van der Waals surface area contributed by atoms with Gasteiger partial charge in [0.1, 0.15) is 5.60 Å². The van der Waals surface area contributed by atoms with E-state index in [4.69, 9.17) is 14.6 Å². The predicted octanol–water partition coefficient (Wildman–Crippen LogP) is 2.17. The third-order valence-electron chi connectivity index (χ3n) is 1.95. The van der Waals surface area contributed by atoms with Crippen molar-refractivity contribution in [2.45, 2.75) is 71.8 Å². The molecule has 0 rings (SSSR count). The largest absolute Gasteiger partial charge is 0.480 e. The molecule has 0 aromatic carbocycles. The highest BCUT2D eigenvalue weighted by molar-refractivity contribution is 5.80. The van der Waals surface area contributed by atoms with Crippen molar-refractivity contribution >= 4 is 12.1 Å². The maximum Gasteiger partial charge on any atom is 0.408 e. The Morgan fingerprint density at radius 1 is 1.05 bits per heavy atom. The van der Waals surface area contributed by atoms with E-state index in [0.717, 1.165) is 0 Å².